The second kappa shape index (κ2) is 5.05. The van der Waals surface area contributed by atoms with Crippen molar-refractivity contribution in [1.82, 2.24) is 9.78 Å². The number of aromatic nitrogens is 2. The maximum atomic E-state index is 10.8. The van der Waals surface area contributed by atoms with Gasteiger partial charge in [0.25, 0.3) is 0 Å². The quantitative estimate of drug-likeness (QED) is 0.916. The van der Waals surface area contributed by atoms with Gasteiger partial charge in [0.1, 0.15) is 5.75 Å². The molecule has 102 valence electrons. The minimum absolute atomic E-state index is 0.491. The number of ether oxygens (including phenoxy) is 1. The summed E-state index contributed by atoms with van der Waals surface area (Å²) in [5.41, 5.74) is 1.74. The van der Waals surface area contributed by atoms with E-state index in [-0.39, 0.29) is 0 Å². The van der Waals surface area contributed by atoms with Gasteiger partial charge in [-0.05, 0) is 26.0 Å². The Morgan fingerprint density at radius 1 is 1.37 bits per heavy atom. The number of para-hydroxylation sites is 1. The molecular formula is C15H20N2O2. The lowest BCUT2D eigenvalue weighted by Gasteiger charge is -2.25. The van der Waals surface area contributed by atoms with Gasteiger partial charge in [0.2, 0.25) is 0 Å². The first-order valence-corrected chi connectivity index (χ1v) is 6.29. The molecule has 4 nitrogen and oxygen atoms in total. The molecule has 0 bridgehead atoms. The maximum Gasteiger partial charge on any atom is 0.124 e. The van der Waals surface area contributed by atoms with E-state index in [0.717, 1.165) is 17.0 Å². The van der Waals surface area contributed by atoms with Crippen LogP contribution in [0.25, 0.3) is 0 Å². The minimum atomic E-state index is -0.993. The van der Waals surface area contributed by atoms with Crippen LogP contribution in [0, 0.1) is 6.92 Å². The highest BCUT2D eigenvalue weighted by atomic mass is 16.5. The summed E-state index contributed by atoms with van der Waals surface area (Å²) in [6, 6.07) is 9.54. The van der Waals surface area contributed by atoms with Gasteiger partial charge < -0.3 is 9.84 Å². The van der Waals surface area contributed by atoms with E-state index in [9.17, 15) is 5.11 Å². The average Bonchev–Trinajstić information content (AvgIpc) is 2.67. The average molecular weight is 260 g/mol. The Morgan fingerprint density at radius 2 is 2.05 bits per heavy atom. The zero-order valence-corrected chi connectivity index (χ0v) is 11.8. The molecule has 0 saturated carbocycles. The minimum Gasteiger partial charge on any atom is -0.496 e. The Bertz CT molecular complexity index is 573. The van der Waals surface area contributed by atoms with Gasteiger partial charge >= 0.3 is 0 Å². The standard InChI is InChI=1S/C15H20N2O2/c1-11-9-12(17(3)16-11)10-15(2,18)13-7-5-6-8-14(13)19-4/h5-9,18H,10H2,1-4H3. The Hall–Kier alpha value is -1.81. The first kappa shape index (κ1) is 13.6. The summed E-state index contributed by atoms with van der Waals surface area (Å²) >= 11 is 0. The van der Waals surface area contributed by atoms with Crippen molar-refractivity contribution in [2.75, 3.05) is 7.11 Å². The smallest absolute Gasteiger partial charge is 0.124 e. The van der Waals surface area contributed by atoms with Gasteiger partial charge in [-0.1, -0.05) is 18.2 Å². The molecule has 1 aromatic heterocycles. The fourth-order valence-corrected chi connectivity index (χ4v) is 2.37. The van der Waals surface area contributed by atoms with Gasteiger partial charge in [-0.15, -0.1) is 0 Å². The number of nitrogens with zero attached hydrogens (tertiary/aromatic N) is 2. The summed E-state index contributed by atoms with van der Waals surface area (Å²) in [6.45, 7) is 3.74. The van der Waals surface area contributed by atoms with Crippen LogP contribution >= 0.6 is 0 Å². The molecule has 2 rings (SSSR count). The molecule has 2 aromatic rings. The van der Waals surface area contributed by atoms with Crippen LogP contribution in [0.1, 0.15) is 23.9 Å². The van der Waals surface area contributed by atoms with Crippen molar-refractivity contribution in [3.05, 3.63) is 47.3 Å². The van der Waals surface area contributed by atoms with Crippen LogP contribution in [0.3, 0.4) is 0 Å². The maximum absolute atomic E-state index is 10.8. The van der Waals surface area contributed by atoms with Crippen molar-refractivity contribution < 1.29 is 9.84 Å². The van der Waals surface area contributed by atoms with E-state index in [1.165, 1.54) is 0 Å². The molecule has 0 aliphatic rings. The van der Waals surface area contributed by atoms with Crippen molar-refractivity contribution in [2.24, 2.45) is 7.05 Å². The third-order valence-corrected chi connectivity index (χ3v) is 3.31. The monoisotopic (exact) mass is 260 g/mol. The molecule has 19 heavy (non-hydrogen) atoms. The van der Waals surface area contributed by atoms with E-state index in [2.05, 4.69) is 5.10 Å². The second-order valence-corrected chi connectivity index (χ2v) is 5.05. The number of aliphatic hydroxyl groups is 1. The van der Waals surface area contributed by atoms with Crippen LogP contribution in [-0.2, 0) is 19.1 Å². The summed E-state index contributed by atoms with van der Waals surface area (Å²) in [5.74, 6) is 0.700. The van der Waals surface area contributed by atoms with Crippen LogP contribution < -0.4 is 4.74 Å². The molecule has 1 heterocycles. The van der Waals surface area contributed by atoms with Crippen LogP contribution in [0.4, 0.5) is 0 Å². The molecule has 0 spiro atoms. The predicted molar refractivity (Wildman–Crippen MR) is 74.2 cm³/mol. The summed E-state index contributed by atoms with van der Waals surface area (Å²) < 4.78 is 7.13. The van der Waals surface area contributed by atoms with Crippen LogP contribution in [0.2, 0.25) is 0 Å². The molecular weight excluding hydrogens is 240 g/mol. The Balaban J connectivity index is 2.34. The molecule has 1 aromatic carbocycles. The second-order valence-electron chi connectivity index (χ2n) is 5.05. The van der Waals surface area contributed by atoms with Gasteiger partial charge in [-0.3, -0.25) is 4.68 Å². The lowest BCUT2D eigenvalue weighted by molar-refractivity contribution is 0.0530. The van der Waals surface area contributed by atoms with Crippen molar-refractivity contribution in [2.45, 2.75) is 25.9 Å². The fraction of sp³-hybridized carbons (Fsp3) is 0.400. The van der Waals surface area contributed by atoms with E-state index in [1.807, 2.05) is 44.3 Å². The number of aryl methyl sites for hydroxylation is 2. The van der Waals surface area contributed by atoms with Crippen molar-refractivity contribution in [3.8, 4) is 5.75 Å². The fourth-order valence-electron chi connectivity index (χ4n) is 2.37. The van der Waals surface area contributed by atoms with E-state index < -0.39 is 5.60 Å². The van der Waals surface area contributed by atoms with Crippen LogP contribution in [0.5, 0.6) is 5.75 Å². The van der Waals surface area contributed by atoms with E-state index in [1.54, 1.807) is 18.7 Å². The first-order valence-electron chi connectivity index (χ1n) is 6.29. The third-order valence-electron chi connectivity index (χ3n) is 3.31. The van der Waals surface area contributed by atoms with Crippen molar-refractivity contribution in [1.29, 1.82) is 0 Å². The summed E-state index contributed by atoms with van der Waals surface area (Å²) in [5, 5.41) is 15.1. The zero-order valence-electron chi connectivity index (χ0n) is 11.8. The molecule has 0 aliphatic heterocycles. The van der Waals surface area contributed by atoms with Gasteiger partial charge in [-0.2, -0.15) is 5.10 Å². The lowest BCUT2D eigenvalue weighted by atomic mass is 9.90. The molecule has 1 N–H and O–H groups in total. The molecule has 0 fully saturated rings. The molecule has 0 aliphatic carbocycles. The van der Waals surface area contributed by atoms with E-state index in [4.69, 9.17) is 4.74 Å². The highest BCUT2D eigenvalue weighted by Gasteiger charge is 2.28. The third kappa shape index (κ3) is 2.79. The van der Waals surface area contributed by atoms with Crippen LogP contribution in [0.15, 0.2) is 30.3 Å². The molecule has 1 unspecified atom stereocenters. The summed E-state index contributed by atoms with van der Waals surface area (Å²) in [7, 11) is 3.50. The van der Waals surface area contributed by atoms with Gasteiger partial charge in [-0.25, -0.2) is 0 Å². The largest absolute Gasteiger partial charge is 0.496 e. The van der Waals surface area contributed by atoms with Gasteiger partial charge in [0, 0.05) is 24.7 Å². The Labute approximate surface area is 113 Å². The van der Waals surface area contributed by atoms with E-state index >= 15 is 0 Å². The summed E-state index contributed by atoms with van der Waals surface area (Å²) in [6.07, 6.45) is 0.491. The first-order chi connectivity index (χ1) is 8.94. The molecule has 0 radical (unpaired) electrons. The molecule has 0 saturated heterocycles. The highest BCUT2D eigenvalue weighted by Crippen LogP contribution is 2.32. The number of rotatable bonds is 4. The topological polar surface area (TPSA) is 47.3 Å². The molecule has 0 amide bonds. The van der Waals surface area contributed by atoms with Crippen molar-refractivity contribution >= 4 is 0 Å². The Kier molecular flexibility index (Phi) is 3.62. The predicted octanol–water partition coefficient (Wildman–Crippen LogP) is 2.19. The number of hydrogen-bond acceptors (Lipinski definition) is 3. The number of benzene rings is 1. The SMILES string of the molecule is COc1ccccc1C(C)(O)Cc1cc(C)nn1C. The zero-order chi connectivity index (χ0) is 14.0. The lowest BCUT2D eigenvalue weighted by Crippen LogP contribution is -2.26. The number of hydrogen-bond donors (Lipinski definition) is 1. The normalized spacial score (nSPS) is 14.2. The Morgan fingerprint density at radius 3 is 2.63 bits per heavy atom. The van der Waals surface area contributed by atoms with E-state index in [0.29, 0.717) is 12.2 Å². The number of methoxy groups -OCH3 is 1. The van der Waals surface area contributed by atoms with Gasteiger partial charge in [0.15, 0.2) is 0 Å². The molecule has 4 heteroatoms. The van der Waals surface area contributed by atoms with Crippen molar-refractivity contribution in [3.63, 3.8) is 0 Å². The highest BCUT2D eigenvalue weighted by molar-refractivity contribution is 5.38. The molecule has 1 atom stereocenters. The van der Waals surface area contributed by atoms with Crippen LogP contribution in [-0.4, -0.2) is 22.0 Å². The summed E-state index contributed by atoms with van der Waals surface area (Å²) in [4.78, 5) is 0. The van der Waals surface area contributed by atoms with Gasteiger partial charge in [0.05, 0.1) is 18.4 Å².